The van der Waals surface area contributed by atoms with Gasteiger partial charge in [0.2, 0.25) is 0 Å². The van der Waals surface area contributed by atoms with Gasteiger partial charge in [0, 0.05) is 25.8 Å². The van der Waals surface area contributed by atoms with E-state index < -0.39 is 0 Å². The molecule has 0 radical (unpaired) electrons. The van der Waals surface area contributed by atoms with Crippen LogP contribution >= 0.6 is 12.2 Å². The van der Waals surface area contributed by atoms with Crippen LogP contribution in [0.15, 0.2) is 12.4 Å². The quantitative estimate of drug-likeness (QED) is 0.583. The van der Waals surface area contributed by atoms with Crippen molar-refractivity contribution in [1.29, 1.82) is 0 Å². The van der Waals surface area contributed by atoms with E-state index in [1.807, 2.05) is 24.0 Å². The van der Waals surface area contributed by atoms with E-state index in [1.54, 1.807) is 0 Å². The fourth-order valence-electron chi connectivity index (χ4n) is 1.33. The SMILES string of the molecule is CCCNC(=S)NCCCn1cc(C)cn1. The Morgan fingerprint density at radius 2 is 2.19 bits per heavy atom. The van der Waals surface area contributed by atoms with Crippen molar-refractivity contribution in [2.45, 2.75) is 33.2 Å². The zero-order valence-corrected chi connectivity index (χ0v) is 10.8. The molecule has 0 aliphatic rings. The number of aromatic nitrogens is 2. The molecule has 0 aromatic carbocycles. The van der Waals surface area contributed by atoms with Gasteiger partial charge in [-0.15, -0.1) is 0 Å². The molecule has 0 amide bonds. The summed E-state index contributed by atoms with van der Waals surface area (Å²) in [6.45, 7) is 6.91. The average molecular weight is 240 g/mol. The van der Waals surface area contributed by atoms with Crippen molar-refractivity contribution in [1.82, 2.24) is 20.4 Å². The molecule has 5 heteroatoms. The minimum absolute atomic E-state index is 0.749. The molecule has 0 atom stereocenters. The predicted octanol–water partition coefficient (Wildman–Crippen LogP) is 1.46. The van der Waals surface area contributed by atoms with E-state index in [4.69, 9.17) is 12.2 Å². The van der Waals surface area contributed by atoms with Crippen molar-refractivity contribution in [3.63, 3.8) is 0 Å². The third-order valence-corrected chi connectivity index (χ3v) is 2.44. The molecule has 90 valence electrons. The number of rotatable bonds is 6. The van der Waals surface area contributed by atoms with E-state index in [2.05, 4.69) is 22.7 Å². The lowest BCUT2D eigenvalue weighted by atomic mass is 10.4. The van der Waals surface area contributed by atoms with Gasteiger partial charge in [0.1, 0.15) is 0 Å². The zero-order valence-electron chi connectivity index (χ0n) is 9.99. The molecule has 0 aliphatic carbocycles. The number of nitrogens with one attached hydrogen (secondary N) is 2. The molecule has 0 saturated heterocycles. The summed E-state index contributed by atoms with van der Waals surface area (Å²) in [4.78, 5) is 0. The molecule has 1 aromatic rings. The molecule has 1 heterocycles. The van der Waals surface area contributed by atoms with Gasteiger partial charge in [-0.25, -0.2) is 0 Å². The summed E-state index contributed by atoms with van der Waals surface area (Å²) in [5, 5.41) is 11.3. The Kier molecular flexibility index (Phi) is 5.85. The zero-order chi connectivity index (χ0) is 11.8. The van der Waals surface area contributed by atoms with Crippen LogP contribution in [0.25, 0.3) is 0 Å². The Balaban J connectivity index is 2.05. The number of nitrogens with zero attached hydrogens (tertiary/aromatic N) is 2. The predicted molar refractivity (Wildman–Crippen MR) is 70.5 cm³/mol. The number of hydrogen-bond acceptors (Lipinski definition) is 2. The Labute approximate surface area is 102 Å². The number of hydrogen-bond donors (Lipinski definition) is 2. The van der Waals surface area contributed by atoms with Crippen LogP contribution in [-0.2, 0) is 6.54 Å². The molecule has 0 saturated carbocycles. The third kappa shape index (κ3) is 5.11. The summed E-state index contributed by atoms with van der Waals surface area (Å²) in [5.41, 5.74) is 1.20. The summed E-state index contributed by atoms with van der Waals surface area (Å²) in [7, 11) is 0. The van der Waals surface area contributed by atoms with Crippen molar-refractivity contribution < 1.29 is 0 Å². The first-order valence-corrected chi connectivity index (χ1v) is 6.14. The molecular weight excluding hydrogens is 220 g/mol. The largest absolute Gasteiger partial charge is 0.363 e. The van der Waals surface area contributed by atoms with Crippen molar-refractivity contribution in [3.8, 4) is 0 Å². The van der Waals surface area contributed by atoms with E-state index in [1.165, 1.54) is 5.56 Å². The Morgan fingerprint density at radius 1 is 1.44 bits per heavy atom. The first-order valence-electron chi connectivity index (χ1n) is 5.73. The lowest BCUT2D eigenvalue weighted by Gasteiger charge is -2.09. The van der Waals surface area contributed by atoms with Gasteiger partial charge in [0.15, 0.2) is 5.11 Å². The Bertz CT molecular complexity index is 322. The molecule has 1 aromatic heterocycles. The maximum Gasteiger partial charge on any atom is 0.166 e. The third-order valence-electron chi connectivity index (χ3n) is 2.15. The molecule has 0 unspecified atom stereocenters. The molecular formula is C11H20N4S. The highest BCUT2D eigenvalue weighted by Gasteiger charge is 1.95. The van der Waals surface area contributed by atoms with E-state index in [-0.39, 0.29) is 0 Å². The maximum atomic E-state index is 5.11. The van der Waals surface area contributed by atoms with E-state index >= 15 is 0 Å². The van der Waals surface area contributed by atoms with Crippen molar-refractivity contribution in [2.24, 2.45) is 0 Å². The number of aryl methyl sites for hydroxylation is 2. The minimum atomic E-state index is 0.749. The summed E-state index contributed by atoms with van der Waals surface area (Å²) >= 11 is 5.11. The van der Waals surface area contributed by atoms with Crippen LogP contribution in [0.3, 0.4) is 0 Å². The van der Waals surface area contributed by atoms with Crippen molar-refractivity contribution >= 4 is 17.3 Å². The van der Waals surface area contributed by atoms with Crippen LogP contribution in [0.1, 0.15) is 25.3 Å². The Morgan fingerprint density at radius 3 is 2.81 bits per heavy atom. The second kappa shape index (κ2) is 7.22. The van der Waals surface area contributed by atoms with Crippen LogP contribution in [0.2, 0.25) is 0 Å². The number of thiocarbonyl (C=S) groups is 1. The lowest BCUT2D eigenvalue weighted by molar-refractivity contribution is 0.571. The minimum Gasteiger partial charge on any atom is -0.363 e. The van der Waals surface area contributed by atoms with Gasteiger partial charge >= 0.3 is 0 Å². The van der Waals surface area contributed by atoms with Crippen LogP contribution in [-0.4, -0.2) is 28.0 Å². The topological polar surface area (TPSA) is 41.9 Å². The van der Waals surface area contributed by atoms with Crippen LogP contribution in [0, 0.1) is 6.92 Å². The van der Waals surface area contributed by atoms with Gasteiger partial charge < -0.3 is 10.6 Å². The smallest absolute Gasteiger partial charge is 0.166 e. The second-order valence-electron chi connectivity index (χ2n) is 3.82. The van der Waals surface area contributed by atoms with Gasteiger partial charge in [0.25, 0.3) is 0 Å². The molecule has 4 nitrogen and oxygen atoms in total. The van der Waals surface area contributed by atoms with Crippen molar-refractivity contribution in [3.05, 3.63) is 18.0 Å². The van der Waals surface area contributed by atoms with Crippen LogP contribution in [0.4, 0.5) is 0 Å². The molecule has 0 aliphatic heterocycles. The fraction of sp³-hybridized carbons (Fsp3) is 0.636. The van der Waals surface area contributed by atoms with Crippen molar-refractivity contribution in [2.75, 3.05) is 13.1 Å². The van der Waals surface area contributed by atoms with Gasteiger partial charge in [-0.1, -0.05) is 6.92 Å². The molecule has 0 spiro atoms. The lowest BCUT2D eigenvalue weighted by Crippen LogP contribution is -2.36. The highest BCUT2D eigenvalue weighted by molar-refractivity contribution is 7.80. The summed E-state index contributed by atoms with van der Waals surface area (Å²) in [6.07, 6.45) is 6.04. The second-order valence-corrected chi connectivity index (χ2v) is 4.23. The van der Waals surface area contributed by atoms with Crippen LogP contribution < -0.4 is 10.6 Å². The Hall–Kier alpha value is -1.10. The average Bonchev–Trinajstić information content (AvgIpc) is 2.67. The fourth-order valence-corrected chi connectivity index (χ4v) is 1.54. The van der Waals surface area contributed by atoms with Crippen LogP contribution in [0.5, 0.6) is 0 Å². The summed E-state index contributed by atoms with van der Waals surface area (Å²) < 4.78 is 1.96. The van der Waals surface area contributed by atoms with Gasteiger partial charge in [-0.3, -0.25) is 4.68 Å². The van der Waals surface area contributed by atoms with E-state index in [0.717, 1.165) is 37.6 Å². The standard InChI is InChI=1S/C11H20N4S/c1-3-5-12-11(16)13-6-4-7-15-9-10(2)8-14-15/h8-9H,3-7H2,1-2H3,(H2,12,13,16). The first kappa shape index (κ1) is 13.0. The molecule has 2 N–H and O–H groups in total. The van der Waals surface area contributed by atoms with E-state index in [0.29, 0.717) is 0 Å². The van der Waals surface area contributed by atoms with Gasteiger partial charge in [0.05, 0.1) is 6.20 Å². The summed E-state index contributed by atoms with van der Waals surface area (Å²) in [6, 6.07) is 0. The maximum absolute atomic E-state index is 5.11. The molecule has 0 bridgehead atoms. The molecule has 16 heavy (non-hydrogen) atoms. The summed E-state index contributed by atoms with van der Waals surface area (Å²) in [5.74, 6) is 0. The van der Waals surface area contributed by atoms with Gasteiger partial charge in [-0.2, -0.15) is 5.10 Å². The highest BCUT2D eigenvalue weighted by Crippen LogP contribution is 1.95. The van der Waals surface area contributed by atoms with Gasteiger partial charge in [-0.05, 0) is 37.5 Å². The molecule has 0 fully saturated rings. The molecule has 1 rings (SSSR count). The normalized spacial score (nSPS) is 10.1. The first-order chi connectivity index (χ1) is 7.72. The highest BCUT2D eigenvalue weighted by atomic mass is 32.1. The van der Waals surface area contributed by atoms with E-state index in [9.17, 15) is 0 Å². The monoisotopic (exact) mass is 240 g/mol.